The van der Waals surface area contributed by atoms with Crippen molar-refractivity contribution in [2.45, 2.75) is 39.3 Å². The van der Waals surface area contributed by atoms with E-state index in [1.807, 2.05) is 26.0 Å². The van der Waals surface area contributed by atoms with Crippen molar-refractivity contribution in [1.29, 1.82) is 0 Å². The number of aromatic nitrogens is 2. The van der Waals surface area contributed by atoms with E-state index in [4.69, 9.17) is 4.52 Å². The molecule has 4 nitrogen and oxygen atoms in total. The minimum absolute atomic E-state index is 0.375. The maximum atomic E-state index is 5.20. The maximum absolute atomic E-state index is 5.20. The van der Waals surface area contributed by atoms with Crippen LogP contribution < -0.4 is 0 Å². The fourth-order valence-corrected chi connectivity index (χ4v) is 2.79. The third-order valence-corrected chi connectivity index (χ3v) is 3.66. The first-order valence-corrected chi connectivity index (χ1v) is 6.82. The van der Waals surface area contributed by atoms with E-state index in [0.717, 1.165) is 42.4 Å². The third kappa shape index (κ3) is 2.68. The van der Waals surface area contributed by atoms with Crippen molar-refractivity contribution in [2.75, 3.05) is 6.54 Å². The molecule has 0 unspecified atom stereocenters. The molecule has 0 bridgehead atoms. The molecule has 0 saturated carbocycles. The summed E-state index contributed by atoms with van der Waals surface area (Å²) < 4.78 is 5.20. The van der Waals surface area contributed by atoms with Gasteiger partial charge >= 0.3 is 0 Å². The second kappa shape index (κ2) is 5.13. The summed E-state index contributed by atoms with van der Waals surface area (Å²) in [5, 5.41) is 4.17. The Morgan fingerprint density at radius 3 is 3.00 bits per heavy atom. The smallest absolute Gasteiger partial charge is 0.133 e. The van der Waals surface area contributed by atoms with Crippen LogP contribution in [0.1, 0.15) is 41.7 Å². The van der Waals surface area contributed by atoms with Gasteiger partial charge in [-0.3, -0.25) is 9.88 Å². The molecule has 1 fully saturated rings. The summed E-state index contributed by atoms with van der Waals surface area (Å²) in [6.07, 6.45) is 2.36. The highest BCUT2D eigenvalue weighted by Gasteiger charge is 2.28. The summed E-state index contributed by atoms with van der Waals surface area (Å²) in [7, 11) is 0. The van der Waals surface area contributed by atoms with Gasteiger partial charge in [0.05, 0.1) is 11.7 Å². The fourth-order valence-electron chi connectivity index (χ4n) is 2.79. The Balaban J connectivity index is 1.76. The monoisotopic (exact) mass is 257 g/mol. The van der Waals surface area contributed by atoms with Crippen LogP contribution in [0.15, 0.2) is 28.8 Å². The van der Waals surface area contributed by atoms with Crippen molar-refractivity contribution < 1.29 is 4.52 Å². The third-order valence-electron chi connectivity index (χ3n) is 3.66. The zero-order chi connectivity index (χ0) is 13.2. The van der Waals surface area contributed by atoms with Gasteiger partial charge in [-0.05, 0) is 45.4 Å². The maximum Gasteiger partial charge on any atom is 0.133 e. The van der Waals surface area contributed by atoms with E-state index in [1.165, 1.54) is 6.42 Å². The lowest BCUT2D eigenvalue weighted by atomic mass is 10.1. The first-order chi connectivity index (χ1) is 9.22. The normalized spacial score (nSPS) is 20.0. The molecular weight excluding hydrogens is 238 g/mol. The number of likely N-dealkylation sites (tertiary alicyclic amines) is 1. The van der Waals surface area contributed by atoms with E-state index < -0.39 is 0 Å². The Bertz CT molecular complexity index is 564. The van der Waals surface area contributed by atoms with Crippen molar-refractivity contribution in [3.63, 3.8) is 0 Å². The standard InChI is InChI=1S/C15H19N3O/c1-11-5-3-6-13(16-11)10-18-8-4-7-15(18)14-9-12(2)19-17-14/h3,5-6,9,15H,4,7-8,10H2,1-2H3/t15-/m1/s1. The molecule has 0 aliphatic carbocycles. The van der Waals surface area contributed by atoms with Crippen LogP contribution >= 0.6 is 0 Å². The number of hydrogen-bond acceptors (Lipinski definition) is 4. The van der Waals surface area contributed by atoms with Crippen LogP contribution in [-0.2, 0) is 6.54 Å². The minimum atomic E-state index is 0.375. The summed E-state index contributed by atoms with van der Waals surface area (Å²) in [6.45, 7) is 5.97. The first kappa shape index (κ1) is 12.4. The van der Waals surface area contributed by atoms with Crippen LogP contribution in [0.2, 0.25) is 0 Å². The molecule has 0 radical (unpaired) electrons. The molecule has 0 aromatic carbocycles. The van der Waals surface area contributed by atoms with Gasteiger partial charge in [0, 0.05) is 18.3 Å². The number of aryl methyl sites for hydroxylation is 2. The van der Waals surface area contributed by atoms with Gasteiger partial charge in [0.15, 0.2) is 0 Å². The van der Waals surface area contributed by atoms with Gasteiger partial charge in [-0.2, -0.15) is 0 Å². The molecule has 2 aromatic rings. The fraction of sp³-hybridized carbons (Fsp3) is 0.467. The Morgan fingerprint density at radius 1 is 1.37 bits per heavy atom. The predicted molar refractivity (Wildman–Crippen MR) is 72.6 cm³/mol. The summed E-state index contributed by atoms with van der Waals surface area (Å²) in [5.74, 6) is 0.885. The largest absolute Gasteiger partial charge is 0.361 e. The minimum Gasteiger partial charge on any atom is -0.361 e. The van der Waals surface area contributed by atoms with Gasteiger partial charge in [-0.15, -0.1) is 0 Å². The molecule has 2 aromatic heterocycles. The number of nitrogens with zero attached hydrogens (tertiary/aromatic N) is 3. The molecule has 0 amide bonds. The Hall–Kier alpha value is -1.68. The van der Waals surface area contributed by atoms with Crippen molar-refractivity contribution >= 4 is 0 Å². The van der Waals surface area contributed by atoms with Crippen LogP contribution in [0.3, 0.4) is 0 Å². The van der Waals surface area contributed by atoms with Gasteiger partial charge in [0.2, 0.25) is 0 Å². The lowest BCUT2D eigenvalue weighted by Gasteiger charge is -2.22. The summed E-state index contributed by atoms with van der Waals surface area (Å²) >= 11 is 0. The lowest BCUT2D eigenvalue weighted by Crippen LogP contribution is -2.23. The molecule has 1 aliphatic rings. The van der Waals surface area contributed by atoms with Crippen LogP contribution in [0.25, 0.3) is 0 Å². The lowest BCUT2D eigenvalue weighted by molar-refractivity contribution is 0.234. The van der Waals surface area contributed by atoms with Gasteiger partial charge < -0.3 is 4.52 Å². The zero-order valence-corrected chi connectivity index (χ0v) is 11.5. The molecule has 1 atom stereocenters. The van der Waals surface area contributed by atoms with Crippen molar-refractivity contribution in [2.24, 2.45) is 0 Å². The van der Waals surface area contributed by atoms with Crippen molar-refractivity contribution in [3.05, 3.63) is 47.1 Å². The van der Waals surface area contributed by atoms with E-state index in [1.54, 1.807) is 0 Å². The second-order valence-electron chi connectivity index (χ2n) is 5.26. The van der Waals surface area contributed by atoms with E-state index in [9.17, 15) is 0 Å². The molecule has 4 heteroatoms. The molecule has 3 rings (SSSR count). The summed E-state index contributed by atoms with van der Waals surface area (Å²) in [5.41, 5.74) is 3.26. The molecule has 19 heavy (non-hydrogen) atoms. The molecule has 1 saturated heterocycles. The average Bonchev–Trinajstić information content (AvgIpc) is 2.98. The highest BCUT2D eigenvalue weighted by Crippen LogP contribution is 2.32. The van der Waals surface area contributed by atoms with E-state index in [0.29, 0.717) is 6.04 Å². The van der Waals surface area contributed by atoms with Crippen LogP contribution in [0.5, 0.6) is 0 Å². The highest BCUT2D eigenvalue weighted by atomic mass is 16.5. The zero-order valence-electron chi connectivity index (χ0n) is 11.5. The van der Waals surface area contributed by atoms with Gasteiger partial charge in [0.25, 0.3) is 0 Å². The molecule has 100 valence electrons. The number of pyridine rings is 1. The van der Waals surface area contributed by atoms with E-state index in [2.05, 4.69) is 27.2 Å². The number of rotatable bonds is 3. The molecular formula is C15H19N3O. The topological polar surface area (TPSA) is 42.2 Å². The Kier molecular flexibility index (Phi) is 3.34. The number of hydrogen-bond donors (Lipinski definition) is 0. The van der Waals surface area contributed by atoms with Gasteiger partial charge in [0.1, 0.15) is 11.5 Å². The summed E-state index contributed by atoms with van der Waals surface area (Å²) in [6, 6.07) is 8.62. The van der Waals surface area contributed by atoms with Crippen molar-refractivity contribution in [1.82, 2.24) is 15.0 Å². The van der Waals surface area contributed by atoms with Crippen LogP contribution in [0, 0.1) is 13.8 Å². The van der Waals surface area contributed by atoms with Crippen LogP contribution in [-0.4, -0.2) is 21.6 Å². The first-order valence-electron chi connectivity index (χ1n) is 6.82. The predicted octanol–water partition coefficient (Wildman–Crippen LogP) is 3.02. The summed E-state index contributed by atoms with van der Waals surface area (Å²) in [4.78, 5) is 7.03. The molecule has 0 spiro atoms. The van der Waals surface area contributed by atoms with Gasteiger partial charge in [-0.25, -0.2) is 0 Å². The second-order valence-corrected chi connectivity index (χ2v) is 5.26. The van der Waals surface area contributed by atoms with E-state index in [-0.39, 0.29) is 0 Å². The van der Waals surface area contributed by atoms with Gasteiger partial charge in [-0.1, -0.05) is 11.2 Å². The van der Waals surface area contributed by atoms with Crippen molar-refractivity contribution in [3.8, 4) is 0 Å². The molecule has 1 aliphatic heterocycles. The molecule has 0 N–H and O–H groups in total. The van der Waals surface area contributed by atoms with E-state index >= 15 is 0 Å². The Morgan fingerprint density at radius 2 is 2.26 bits per heavy atom. The SMILES string of the molecule is Cc1cccc(CN2CCC[C@@H]2c2cc(C)on2)n1. The molecule has 3 heterocycles. The van der Waals surface area contributed by atoms with Crippen LogP contribution in [0.4, 0.5) is 0 Å². The quantitative estimate of drug-likeness (QED) is 0.847. The average molecular weight is 257 g/mol. The Labute approximate surface area is 113 Å². The highest BCUT2D eigenvalue weighted by molar-refractivity contribution is 5.13.